The highest BCUT2D eigenvalue weighted by molar-refractivity contribution is 6.16. The molecule has 6 nitrogen and oxygen atoms in total. The summed E-state index contributed by atoms with van der Waals surface area (Å²) in [5.74, 6) is 1.61. The van der Waals surface area contributed by atoms with E-state index in [0.717, 1.165) is 57.9 Å². The van der Waals surface area contributed by atoms with E-state index >= 15 is 0 Å². The standard InChI is InChI=1S/C29H31N3O3/c1-28(2)15-20-14-23(34-5)26-22(16-29(3,4)35-26)24(20)25(32-28)19-10-6-8-17(12-19)18-9-7-11-21(13-18)31-27(30)33/h6-14H,15-16H2,1-5H3,(H3,30,31,33). The van der Waals surface area contributed by atoms with Gasteiger partial charge in [-0.15, -0.1) is 0 Å². The van der Waals surface area contributed by atoms with Gasteiger partial charge in [0, 0.05) is 28.8 Å². The number of primary amides is 1. The zero-order valence-corrected chi connectivity index (χ0v) is 20.9. The number of benzene rings is 3. The van der Waals surface area contributed by atoms with Gasteiger partial charge in [0.15, 0.2) is 11.5 Å². The number of anilines is 1. The van der Waals surface area contributed by atoms with E-state index in [1.165, 1.54) is 5.56 Å². The lowest BCUT2D eigenvalue weighted by Gasteiger charge is -2.31. The summed E-state index contributed by atoms with van der Waals surface area (Å²) in [6.45, 7) is 8.55. The number of fused-ring (bicyclic) bond motifs is 3. The van der Waals surface area contributed by atoms with Crippen molar-refractivity contribution in [2.75, 3.05) is 12.4 Å². The van der Waals surface area contributed by atoms with Crippen LogP contribution in [0.4, 0.5) is 10.5 Å². The van der Waals surface area contributed by atoms with Crippen LogP contribution >= 0.6 is 0 Å². The van der Waals surface area contributed by atoms with E-state index in [-0.39, 0.29) is 11.1 Å². The van der Waals surface area contributed by atoms with Crippen molar-refractivity contribution < 1.29 is 14.3 Å². The Hall–Kier alpha value is -3.80. The Kier molecular flexibility index (Phi) is 5.35. The maximum absolute atomic E-state index is 11.3. The molecule has 0 unspecified atom stereocenters. The Morgan fingerprint density at radius 2 is 1.69 bits per heavy atom. The van der Waals surface area contributed by atoms with Gasteiger partial charge in [-0.05, 0) is 75.1 Å². The predicted octanol–water partition coefficient (Wildman–Crippen LogP) is 5.74. The molecule has 2 amide bonds. The molecule has 0 atom stereocenters. The normalized spacial score (nSPS) is 17.0. The van der Waals surface area contributed by atoms with Crippen LogP contribution in [0.1, 0.15) is 49.9 Å². The highest BCUT2D eigenvalue weighted by atomic mass is 16.5. The van der Waals surface area contributed by atoms with Crippen LogP contribution in [0.25, 0.3) is 11.1 Å². The molecule has 180 valence electrons. The summed E-state index contributed by atoms with van der Waals surface area (Å²) in [4.78, 5) is 16.6. The number of hydrogen-bond acceptors (Lipinski definition) is 4. The lowest BCUT2D eigenvalue weighted by Crippen LogP contribution is -2.30. The second-order valence-corrected chi connectivity index (χ2v) is 10.6. The minimum absolute atomic E-state index is 0.252. The lowest BCUT2D eigenvalue weighted by molar-refractivity contribution is 0.134. The molecule has 2 heterocycles. The molecule has 2 aliphatic rings. The summed E-state index contributed by atoms with van der Waals surface area (Å²) in [6.07, 6.45) is 1.62. The third kappa shape index (κ3) is 4.36. The van der Waals surface area contributed by atoms with Gasteiger partial charge in [-0.1, -0.05) is 30.3 Å². The van der Waals surface area contributed by atoms with Gasteiger partial charge in [-0.25, -0.2) is 4.79 Å². The second kappa shape index (κ2) is 8.15. The van der Waals surface area contributed by atoms with E-state index in [1.54, 1.807) is 7.11 Å². The summed E-state index contributed by atoms with van der Waals surface area (Å²) < 4.78 is 12.1. The number of urea groups is 1. The van der Waals surface area contributed by atoms with Crippen molar-refractivity contribution in [1.82, 2.24) is 0 Å². The van der Waals surface area contributed by atoms with Gasteiger partial charge >= 0.3 is 6.03 Å². The number of hydrogen-bond donors (Lipinski definition) is 2. The van der Waals surface area contributed by atoms with Gasteiger partial charge in [0.1, 0.15) is 5.60 Å². The van der Waals surface area contributed by atoms with Gasteiger partial charge in [0.2, 0.25) is 0 Å². The van der Waals surface area contributed by atoms with E-state index in [2.05, 4.69) is 57.3 Å². The van der Waals surface area contributed by atoms with Crippen LogP contribution < -0.4 is 20.5 Å². The number of nitrogens with zero attached hydrogens (tertiary/aromatic N) is 1. The predicted molar refractivity (Wildman–Crippen MR) is 140 cm³/mol. The molecule has 3 aromatic rings. The number of carbonyl (C=O) groups excluding carboxylic acids is 1. The van der Waals surface area contributed by atoms with Gasteiger partial charge in [-0.3, -0.25) is 4.99 Å². The van der Waals surface area contributed by atoms with Crippen LogP contribution in [-0.2, 0) is 12.8 Å². The Bertz CT molecular complexity index is 1370. The Morgan fingerprint density at radius 1 is 1.00 bits per heavy atom. The molecule has 0 aromatic heterocycles. The van der Waals surface area contributed by atoms with Crippen molar-refractivity contribution >= 4 is 17.4 Å². The summed E-state index contributed by atoms with van der Waals surface area (Å²) in [5.41, 5.74) is 13.0. The first kappa shape index (κ1) is 23.0. The van der Waals surface area contributed by atoms with Crippen LogP contribution in [0.5, 0.6) is 11.5 Å². The van der Waals surface area contributed by atoms with Crippen LogP contribution in [-0.4, -0.2) is 30.0 Å². The fourth-order valence-electron chi connectivity index (χ4n) is 5.19. The first-order chi connectivity index (χ1) is 16.5. The van der Waals surface area contributed by atoms with E-state index in [1.807, 2.05) is 30.3 Å². The zero-order valence-electron chi connectivity index (χ0n) is 20.9. The van der Waals surface area contributed by atoms with Gasteiger partial charge < -0.3 is 20.5 Å². The van der Waals surface area contributed by atoms with Gasteiger partial charge in [0.25, 0.3) is 0 Å². The number of nitrogens with one attached hydrogen (secondary N) is 1. The van der Waals surface area contributed by atoms with Crippen LogP contribution in [0, 0.1) is 0 Å². The molecule has 0 saturated heterocycles. The fourth-order valence-corrected chi connectivity index (χ4v) is 5.19. The lowest BCUT2D eigenvalue weighted by atomic mass is 9.80. The summed E-state index contributed by atoms with van der Waals surface area (Å²) in [5, 5.41) is 2.65. The van der Waals surface area contributed by atoms with Crippen molar-refractivity contribution in [3.8, 4) is 22.6 Å². The number of aliphatic imine (C=N–C) groups is 1. The summed E-state index contributed by atoms with van der Waals surface area (Å²) >= 11 is 0. The highest BCUT2D eigenvalue weighted by Crippen LogP contribution is 2.48. The SMILES string of the molecule is COc1cc2c(c3c1OC(C)(C)C3)C(c1cccc(-c3cccc(NC(N)=O)c3)c1)=NC(C)(C)C2. The molecule has 3 aromatic carbocycles. The zero-order chi connectivity index (χ0) is 25.0. The average Bonchev–Trinajstić information content (AvgIpc) is 3.12. The van der Waals surface area contributed by atoms with Crippen molar-refractivity contribution in [3.05, 3.63) is 76.9 Å². The molecule has 0 bridgehead atoms. The number of rotatable bonds is 4. The molecule has 5 rings (SSSR count). The smallest absolute Gasteiger partial charge is 0.316 e. The molecular formula is C29H31N3O3. The number of amides is 2. The topological polar surface area (TPSA) is 85.9 Å². The molecular weight excluding hydrogens is 438 g/mol. The van der Waals surface area contributed by atoms with Crippen LogP contribution in [0.2, 0.25) is 0 Å². The molecule has 3 N–H and O–H groups in total. The van der Waals surface area contributed by atoms with Crippen molar-refractivity contribution in [3.63, 3.8) is 0 Å². The Labute approximate surface area is 206 Å². The molecule has 0 fully saturated rings. The Morgan fingerprint density at radius 3 is 2.40 bits per heavy atom. The molecule has 0 aliphatic carbocycles. The van der Waals surface area contributed by atoms with Gasteiger partial charge in [0.05, 0.1) is 18.4 Å². The molecule has 35 heavy (non-hydrogen) atoms. The highest BCUT2D eigenvalue weighted by Gasteiger charge is 2.39. The first-order valence-corrected chi connectivity index (χ1v) is 11.8. The maximum atomic E-state index is 11.3. The summed E-state index contributed by atoms with van der Waals surface area (Å²) in [6, 6.07) is 17.6. The average molecular weight is 470 g/mol. The number of nitrogens with two attached hydrogens (primary N) is 1. The third-order valence-electron chi connectivity index (χ3n) is 6.50. The summed E-state index contributed by atoms with van der Waals surface area (Å²) in [7, 11) is 1.70. The molecule has 2 aliphatic heterocycles. The molecule has 0 saturated carbocycles. The van der Waals surface area contributed by atoms with E-state index in [9.17, 15) is 4.79 Å². The van der Waals surface area contributed by atoms with E-state index in [4.69, 9.17) is 20.2 Å². The van der Waals surface area contributed by atoms with Crippen molar-refractivity contribution in [2.24, 2.45) is 10.7 Å². The maximum Gasteiger partial charge on any atom is 0.316 e. The van der Waals surface area contributed by atoms with E-state index in [0.29, 0.717) is 5.69 Å². The molecule has 0 spiro atoms. The Balaban J connectivity index is 1.65. The van der Waals surface area contributed by atoms with Crippen LogP contribution in [0.3, 0.4) is 0 Å². The molecule has 0 radical (unpaired) electrons. The van der Waals surface area contributed by atoms with Crippen molar-refractivity contribution in [1.29, 1.82) is 0 Å². The fraction of sp³-hybridized carbons (Fsp3) is 0.310. The van der Waals surface area contributed by atoms with E-state index < -0.39 is 6.03 Å². The van der Waals surface area contributed by atoms with Gasteiger partial charge in [-0.2, -0.15) is 0 Å². The minimum atomic E-state index is -0.583. The molecule has 6 heteroatoms. The first-order valence-electron chi connectivity index (χ1n) is 11.8. The number of ether oxygens (including phenoxy) is 2. The number of methoxy groups -OCH3 is 1. The number of carbonyl (C=O) groups is 1. The third-order valence-corrected chi connectivity index (χ3v) is 6.50. The minimum Gasteiger partial charge on any atom is -0.493 e. The van der Waals surface area contributed by atoms with Crippen LogP contribution in [0.15, 0.2) is 59.6 Å². The quantitative estimate of drug-likeness (QED) is 0.511. The largest absolute Gasteiger partial charge is 0.493 e. The van der Waals surface area contributed by atoms with Crippen molar-refractivity contribution in [2.45, 2.75) is 51.7 Å². The second-order valence-electron chi connectivity index (χ2n) is 10.6. The monoisotopic (exact) mass is 469 g/mol.